The molecule has 2 aromatic carbocycles. The Balaban J connectivity index is 2.05. The van der Waals surface area contributed by atoms with Gasteiger partial charge in [0.25, 0.3) is 5.91 Å². The Bertz CT molecular complexity index is 1130. The molecule has 3 aromatic rings. The smallest absolute Gasteiger partial charge is 0.252 e. The third-order valence-electron chi connectivity index (χ3n) is 3.92. The monoisotopic (exact) mass is 405 g/mol. The summed E-state index contributed by atoms with van der Waals surface area (Å²) in [6, 6.07) is 14.0. The van der Waals surface area contributed by atoms with Crippen LogP contribution < -0.4 is 9.94 Å². The molecule has 9 heteroatoms. The van der Waals surface area contributed by atoms with Gasteiger partial charge in [0.1, 0.15) is 0 Å². The zero-order valence-corrected chi connectivity index (χ0v) is 16.3. The lowest BCUT2D eigenvalue weighted by molar-refractivity contribution is -0.117. The van der Waals surface area contributed by atoms with Crippen molar-refractivity contribution in [2.24, 2.45) is 10.1 Å². The molecule has 0 saturated carbocycles. The van der Waals surface area contributed by atoms with E-state index in [2.05, 4.69) is 4.99 Å². The second-order valence-electron chi connectivity index (χ2n) is 5.87. The van der Waals surface area contributed by atoms with Crippen LogP contribution >= 0.6 is 11.3 Å². The normalized spacial score (nSPS) is 12.6. The van der Waals surface area contributed by atoms with Gasteiger partial charge < -0.3 is 9.30 Å². The van der Waals surface area contributed by atoms with Crippen LogP contribution in [0.1, 0.15) is 5.56 Å². The molecule has 2 N–H and O–H groups in total. The standard InChI is InChI=1S/C18H19N3O4S2/c1-25-10-9-21-15-8-7-14(27(19,23)24)12-16(15)26-18(21)20-17(22)11-13-5-3-2-4-6-13/h2-8,12H,9-11H2,1H3,(H2,19,23,24). The van der Waals surface area contributed by atoms with Crippen LogP contribution in [0, 0.1) is 0 Å². The van der Waals surface area contributed by atoms with Gasteiger partial charge in [-0.3, -0.25) is 4.79 Å². The third-order valence-corrected chi connectivity index (χ3v) is 5.87. The highest BCUT2D eigenvalue weighted by Gasteiger charge is 2.13. The highest BCUT2D eigenvalue weighted by Crippen LogP contribution is 2.21. The molecule has 0 spiro atoms. The second kappa shape index (κ2) is 8.13. The number of primary sulfonamides is 1. The minimum atomic E-state index is -3.80. The number of hydrogen-bond acceptors (Lipinski definition) is 5. The van der Waals surface area contributed by atoms with Crippen LogP contribution in [0.4, 0.5) is 0 Å². The Morgan fingerprint density at radius 1 is 1.22 bits per heavy atom. The van der Waals surface area contributed by atoms with Crippen molar-refractivity contribution >= 4 is 37.5 Å². The van der Waals surface area contributed by atoms with Gasteiger partial charge in [-0.2, -0.15) is 4.99 Å². The summed E-state index contributed by atoms with van der Waals surface area (Å²) in [5.74, 6) is -0.273. The Morgan fingerprint density at radius 2 is 1.96 bits per heavy atom. The number of nitrogens with zero attached hydrogens (tertiary/aromatic N) is 2. The van der Waals surface area contributed by atoms with Crippen LogP contribution in [-0.4, -0.2) is 32.6 Å². The molecule has 3 rings (SSSR count). The van der Waals surface area contributed by atoms with E-state index in [0.717, 1.165) is 11.1 Å². The van der Waals surface area contributed by atoms with Gasteiger partial charge in [-0.15, -0.1) is 0 Å². The lowest BCUT2D eigenvalue weighted by Gasteiger charge is -2.05. The Kier molecular flexibility index (Phi) is 5.85. The number of fused-ring (bicyclic) bond motifs is 1. The maximum Gasteiger partial charge on any atom is 0.252 e. The summed E-state index contributed by atoms with van der Waals surface area (Å²) >= 11 is 1.24. The Labute approximate surface area is 160 Å². The summed E-state index contributed by atoms with van der Waals surface area (Å²) in [4.78, 5) is 17.2. The molecule has 0 radical (unpaired) electrons. The van der Waals surface area contributed by atoms with E-state index < -0.39 is 10.0 Å². The maximum atomic E-state index is 12.4. The molecule has 7 nitrogen and oxygen atoms in total. The predicted molar refractivity (Wildman–Crippen MR) is 104 cm³/mol. The lowest BCUT2D eigenvalue weighted by atomic mass is 10.1. The summed E-state index contributed by atoms with van der Waals surface area (Å²) in [5.41, 5.74) is 1.66. The first-order valence-electron chi connectivity index (χ1n) is 8.15. The average Bonchev–Trinajstić information content (AvgIpc) is 2.96. The number of nitrogens with two attached hydrogens (primary N) is 1. The van der Waals surface area contributed by atoms with Crippen molar-refractivity contribution in [1.82, 2.24) is 4.57 Å². The van der Waals surface area contributed by atoms with Gasteiger partial charge >= 0.3 is 0 Å². The number of carbonyl (C=O) groups excluding carboxylic acids is 1. The molecule has 0 atom stereocenters. The van der Waals surface area contributed by atoms with Crippen molar-refractivity contribution in [3.63, 3.8) is 0 Å². The number of ether oxygens (including phenoxy) is 1. The molecule has 0 fully saturated rings. The molecule has 0 aliphatic carbocycles. The summed E-state index contributed by atoms with van der Waals surface area (Å²) in [7, 11) is -2.21. The van der Waals surface area contributed by atoms with Gasteiger partial charge in [-0.1, -0.05) is 41.7 Å². The SMILES string of the molecule is COCCn1c(=NC(=O)Cc2ccccc2)sc2cc(S(N)(=O)=O)ccc21. The number of benzene rings is 2. The van der Waals surface area contributed by atoms with Gasteiger partial charge in [0.05, 0.1) is 28.1 Å². The van der Waals surface area contributed by atoms with E-state index in [1.165, 1.54) is 23.5 Å². The fraction of sp³-hybridized carbons (Fsp3) is 0.222. The van der Waals surface area contributed by atoms with E-state index in [-0.39, 0.29) is 17.2 Å². The summed E-state index contributed by atoms with van der Waals surface area (Å²) in [5, 5.41) is 5.21. The van der Waals surface area contributed by atoms with E-state index in [9.17, 15) is 13.2 Å². The van der Waals surface area contributed by atoms with Crippen molar-refractivity contribution in [2.75, 3.05) is 13.7 Å². The zero-order valence-electron chi connectivity index (χ0n) is 14.7. The number of rotatable bonds is 6. The van der Waals surface area contributed by atoms with Gasteiger partial charge in [-0.25, -0.2) is 13.6 Å². The number of thiazole rings is 1. The highest BCUT2D eigenvalue weighted by molar-refractivity contribution is 7.89. The summed E-state index contributed by atoms with van der Waals surface area (Å²) in [6.07, 6.45) is 0.196. The number of hydrogen-bond donors (Lipinski definition) is 1. The van der Waals surface area contributed by atoms with Crippen molar-refractivity contribution in [1.29, 1.82) is 0 Å². The number of sulfonamides is 1. The Morgan fingerprint density at radius 3 is 2.63 bits per heavy atom. The minimum Gasteiger partial charge on any atom is -0.383 e. The largest absolute Gasteiger partial charge is 0.383 e. The summed E-state index contributed by atoms with van der Waals surface area (Å²) in [6.45, 7) is 0.922. The van der Waals surface area contributed by atoms with Crippen LogP contribution in [0.15, 0.2) is 58.4 Å². The molecule has 0 saturated heterocycles. The highest BCUT2D eigenvalue weighted by atomic mass is 32.2. The number of amides is 1. The second-order valence-corrected chi connectivity index (χ2v) is 8.44. The van der Waals surface area contributed by atoms with Gasteiger partial charge in [0.15, 0.2) is 4.80 Å². The van der Waals surface area contributed by atoms with E-state index in [4.69, 9.17) is 9.88 Å². The van der Waals surface area contributed by atoms with Crippen molar-refractivity contribution in [3.8, 4) is 0 Å². The topological polar surface area (TPSA) is 104 Å². The number of methoxy groups -OCH3 is 1. The van der Waals surface area contributed by atoms with E-state index >= 15 is 0 Å². The molecular formula is C18H19N3O4S2. The number of aromatic nitrogens is 1. The first-order chi connectivity index (χ1) is 12.9. The average molecular weight is 406 g/mol. The van der Waals surface area contributed by atoms with Crippen LogP contribution in [0.5, 0.6) is 0 Å². The van der Waals surface area contributed by atoms with Gasteiger partial charge in [-0.05, 0) is 23.8 Å². The van der Waals surface area contributed by atoms with Crippen LogP contribution in [0.3, 0.4) is 0 Å². The van der Waals surface area contributed by atoms with Gasteiger partial charge in [0, 0.05) is 13.7 Å². The van der Waals surface area contributed by atoms with Crippen LogP contribution in [-0.2, 0) is 32.5 Å². The molecule has 27 heavy (non-hydrogen) atoms. The molecule has 1 aromatic heterocycles. The molecule has 0 bridgehead atoms. The fourth-order valence-electron chi connectivity index (χ4n) is 2.63. The molecule has 1 heterocycles. The van der Waals surface area contributed by atoms with Crippen LogP contribution in [0.2, 0.25) is 0 Å². The van der Waals surface area contributed by atoms with E-state index in [1.807, 2.05) is 34.9 Å². The summed E-state index contributed by atoms with van der Waals surface area (Å²) < 4.78 is 30.9. The third kappa shape index (κ3) is 4.69. The van der Waals surface area contributed by atoms with E-state index in [0.29, 0.717) is 22.7 Å². The predicted octanol–water partition coefficient (Wildman–Crippen LogP) is 1.67. The minimum absolute atomic E-state index is 0.0253. The first-order valence-corrected chi connectivity index (χ1v) is 10.5. The van der Waals surface area contributed by atoms with Crippen molar-refractivity contribution in [3.05, 3.63) is 58.9 Å². The van der Waals surface area contributed by atoms with Crippen molar-refractivity contribution < 1.29 is 17.9 Å². The lowest BCUT2D eigenvalue weighted by Crippen LogP contribution is -2.19. The molecule has 0 unspecified atom stereocenters. The van der Waals surface area contributed by atoms with Crippen molar-refractivity contribution in [2.45, 2.75) is 17.9 Å². The molecular weight excluding hydrogens is 386 g/mol. The van der Waals surface area contributed by atoms with E-state index in [1.54, 1.807) is 13.2 Å². The fourth-order valence-corrected chi connectivity index (χ4v) is 4.36. The van der Waals surface area contributed by atoms with Gasteiger partial charge in [0.2, 0.25) is 10.0 Å². The molecule has 142 valence electrons. The number of carbonyl (C=O) groups is 1. The Hall–Kier alpha value is -2.33. The quantitative estimate of drug-likeness (QED) is 0.673. The molecule has 0 aliphatic heterocycles. The van der Waals surface area contributed by atoms with Crippen LogP contribution in [0.25, 0.3) is 10.2 Å². The molecule has 0 aliphatic rings. The molecule has 1 amide bonds. The zero-order chi connectivity index (χ0) is 19.4. The maximum absolute atomic E-state index is 12.4. The first kappa shape index (κ1) is 19.4.